The van der Waals surface area contributed by atoms with Crippen LogP contribution in [0.5, 0.6) is 0 Å². The van der Waals surface area contributed by atoms with E-state index in [0.29, 0.717) is 12.1 Å². The topological polar surface area (TPSA) is 15.3 Å². The van der Waals surface area contributed by atoms with Gasteiger partial charge < -0.3 is 10.2 Å². The Labute approximate surface area is 103 Å². The van der Waals surface area contributed by atoms with Gasteiger partial charge in [0.25, 0.3) is 0 Å². The van der Waals surface area contributed by atoms with Gasteiger partial charge in [0, 0.05) is 36.4 Å². The predicted molar refractivity (Wildman–Crippen MR) is 70.0 cm³/mol. The summed E-state index contributed by atoms with van der Waals surface area (Å²) in [7, 11) is 0. The number of hydrogen-bond acceptors (Lipinski definition) is 2. The summed E-state index contributed by atoms with van der Waals surface area (Å²) in [4.78, 5) is 2.32. The quantitative estimate of drug-likeness (QED) is 0.849. The Kier molecular flexibility index (Phi) is 3.67. The van der Waals surface area contributed by atoms with Crippen LogP contribution in [0.2, 0.25) is 0 Å². The van der Waals surface area contributed by atoms with Crippen LogP contribution in [-0.2, 0) is 0 Å². The number of benzene rings is 1. The third kappa shape index (κ3) is 2.44. The third-order valence-corrected chi connectivity index (χ3v) is 3.69. The predicted octanol–water partition coefficient (Wildman–Crippen LogP) is 2.71. The molecule has 1 heterocycles. The van der Waals surface area contributed by atoms with Gasteiger partial charge >= 0.3 is 0 Å². The van der Waals surface area contributed by atoms with Gasteiger partial charge in [0.05, 0.1) is 0 Å². The zero-order valence-electron chi connectivity index (χ0n) is 10.8. The molecule has 2 atom stereocenters. The zero-order valence-corrected chi connectivity index (χ0v) is 10.8. The first-order valence-corrected chi connectivity index (χ1v) is 6.38. The van der Waals surface area contributed by atoms with E-state index >= 15 is 0 Å². The maximum atomic E-state index is 13.6. The lowest BCUT2D eigenvalue weighted by molar-refractivity contribution is 0.397. The van der Waals surface area contributed by atoms with E-state index in [9.17, 15) is 4.39 Å². The smallest absolute Gasteiger partial charge is 0.128 e. The molecular formula is C14H21FN2. The molecule has 1 aromatic rings. The van der Waals surface area contributed by atoms with Crippen LogP contribution in [-0.4, -0.2) is 25.2 Å². The van der Waals surface area contributed by atoms with Crippen molar-refractivity contribution in [3.8, 4) is 0 Å². The highest BCUT2D eigenvalue weighted by Crippen LogP contribution is 2.26. The average molecular weight is 236 g/mol. The lowest BCUT2D eigenvalue weighted by Gasteiger charge is -2.41. The van der Waals surface area contributed by atoms with Crippen LogP contribution < -0.4 is 10.2 Å². The summed E-state index contributed by atoms with van der Waals surface area (Å²) in [5, 5.41) is 3.52. The molecule has 1 N–H and O–H groups in total. The van der Waals surface area contributed by atoms with E-state index in [4.69, 9.17) is 0 Å². The highest BCUT2D eigenvalue weighted by Gasteiger charge is 2.25. The molecule has 1 aliphatic heterocycles. The van der Waals surface area contributed by atoms with E-state index in [1.54, 1.807) is 6.07 Å². The Morgan fingerprint density at radius 3 is 2.94 bits per heavy atom. The minimum atomic E-state index is -0.110. The minimum Gasteiger partial charge on any atom is -0.366 e. The number of rotatable bonds is 2. The van der Waals surface area contributed by atoms with E-state index in [-0.39, 0.29) is 5.82 Å². The van der Waals surface area contributed by atoms with Gasteiger partial charge in [-0.3, -0.25) is 0 Å². The molecule has 17 heavy (non-hydrogen) atoms. The summed E-state index contributed by atoms with van der Waals surface area (Å²) in [5.41, 5.74) is 1.80. The molecule has 0 spiro atoms. The molecule has 0 aliphatic carbocycles. The van der Waals surface area contributed by atoms with Crippen molar-refractivity contribution in [3.63, 3.8) is 0 Å². The van der Waals surface area contributed by atoms with Crippen LogP contribution in [0.1, 0.15) is 25.8 Å². The molecule has 2 nitrogen and oxygen atoms in total. The van der Waals surface area contributed by atoms with Crippen molar-refractivity contribution in [1.29, 1.82) is 0 Å². The van der Waals surface area contributed by atoms with Gasteiger partial charge in [-0.25, -0.2) is 4.39 Å². The fraction of sp³-hybridized carbons (Fsp3) is 0.571. The molecule has 0 radical (unpaired) electrons. The number of piperazine rings is 1. The van der Waals surface area contributed by atoms with Crippen molar-refractivity contribution in [1.82, 2.24) is 5.32 Å². The lowest BCUT2D eigenvalue weighted by Crippen LogP contribution is -2.55. The second-order valence-electron chi connectivity index (χ2n) is 4.90. The molecule has 0 bridgehead atoms. The second-order valence-corrected chi connectivity index (χ2v) is 4.90. The summed E-state index contributed by atoms with van der Waals surface area (Å²) in [6, 6.07) is 6.27. The highest BCUT2D eigenvalue weighted by atomic mass is 19.1. The van der Waals surface area contributed by atoms with Crippen LogP contribution in [0.15, 0.2) is 18.2 Å². The third-order valence-electron chi connectivity index (χ3n) is 3.69. The molecule has 94 valence electrons. The Hall–Kier alpha value is -1.09. The fourth-order valence-electron chi connectivity index (χ4n) is 2.45. The summed E-state index contributed by atoms with van der Waals surface area (Å²) in [5.74, 6) is -0.110. The van der Waals surface area contributed by atoms with Crippen LogP contribution in [0.25, 0.3) is 0 Å². The first kappa shape index (κ1) is 12.4. The zero-order chi connectivity index (χ0) is 12.4. The summed E-state index contributed by atoms with van der Waals surface area (Å²) >= 11 is 0. The van der Waals surface area contributed by atoms with Gasteiger partial charge in [0.1, 0.15) is 5.82 Å². The molecule has 1 aliphatic rings. The Balaban J connectivity index is 2.27. The Morgan fingerprint density at radius 2 is 2.24 bits per heavy atom. The average Bonchev–Trinajstić information content (AvgIpc) is 2.34. The number of nitrogens with zero attached hydrogens (tertiary/aromatic N) is 1. The SMILES string of the molecule is CCC1CN(c2cccc(F)c2C)C(C)CN1. The van der Waals surface area contributed by atoms with Crippen molar-refractivity contribution in [2.45, 2.75) is 39.3 Å². The van der Waals surface area contributed by atoms with Crippen LogP contribution in [0.4, 0.5) is 10.1 Å². The van der Waals surface area contributed by atoms with Crippen LogP contribution in [0.3, 0.4) is 0 Å². The van der Waals surface area contributed by atoms with Gasteiger partial charge in [0.2, 0.25) is 0 Å². The maximum absolute atomic E-state index is 13.6. The molecule has 1 aromatic carbocycles. The number of anilines is 1. The highest BCUT2D eigenvalue weighted by molar-refractivity contribution is 5.55. The molecule has 0 saturated carbocycles. The first-order valence-electron chi connectivity index (χ1n) is 6.38. The fourth-order valence-corrected chi connectivity index (χ4v) is 2.45. The maximum Gasteiger partial charge on any atom is 0.128 e. The van der Waals surface area contributed by atoms with Crippen molar-refractivity contribution in [2.75, 3.05) is 18.0 Å². The number of hydrogen-bond donors (Lipinski definition) is 1. The van der Waals surface area contributed by atoms with Gasteiger partial charge in [-0.15, -0.1) is 0 Å². The van der Waals surface area contributed by atoms with E-state index in [0.717, 1.165) is 30.8 Å². The van der Waals surface area contributed by atoms with Gasteiger partial charge in [0.15, 0.2) is 0 Å². The molecule has 1 fully saturated rings. The van der Waals surface area contributed by atoms with Gasteiger partial charge in [-0.1, -0.05) is 13.0 Å². The molecule has 0 aromatic heterocycles. The van der Waals surface area contributed by atoms with E-state index in [1.165, 1.54) is 6.07 Å². The monoisotopic (exact) mass is 236 g/mol. The first-order chi connectivity index (χ1) is 8.13. The molecule has 0 amide bonds. The van der Waals surface area contributed by atoms with E-state index < -0.39 is 0 Å². The molecule has 3 heteroatoms. The summed E-state index contributed by atoms with van der Waals surface area (Å²) in [6.45, 7) is 8.16. The van der Waals surface area contributed by atoms with E-state index in [2.05, 4.69) is 24.1 Å². The van der Waals surface area contributed by atoms with Gasteiger partial charge in [-0.2, -0.15) is 0 Å². The van der Waals surface area contributed by atoms with E-state index in [1.807, 2.05) is 13.0 Å². The molecular weight excluding hydrogens is 215 g/mol. The normalized spacial score (nSPS) is 25.1. The number of halogens is 1. The van der Waals surface area contributed by atoms with Crippen molar-refractivity contribution >= 4 is 5.69 Å². The minimum absolute atomic E-state index is 0.110. The van der Waals surface area contributed by atoms with Gasteiger partial charge in [-0.05, 0) is 32.4 Å². The Bertz CT molecular complexity index is 392. The van der Waals surface area contributed by atoms with Crippen molar-refractivity contribution < 1.29 is 4.39 Å². The summed E-state index contributed by atoms with van der Waals surface area (Å²) in [6.07, 6.45) is 1.11. The summed E-state index contributed by atoms with van der Waals surface area (Å²) < 4.78 is 13.6. The molecule has 2 rings (SSSR count). The molecule has 1 saturated heterocycles. The second kappa shape index (κ2) is 5.05. The lowest BCUT2D eigenvalue weighted by atomic mass is 10.0. The number of nitrogens with one attached hydrogen (secondary N) is 1. The van der Waals surface area contributed by atoms with Crippen molar-refractivity contribution in [3.05, 3.63) is 29.6 Å². The molecule has 2 unspecified atom stereocenters. The van der Waals surface area contributed by atoms with Crippen molar-refractivity contribution in [2.24, 2.45) is 0 Å². The van der Waals surface area contributed by atoms with Crippen LogP contribution >= 0.6 is 0 Å². The largest absolute Gasteiger partial charge is 0.366 e. The standard InChI is InChI=1S/C14H21FN2/c1-4-12-9-17(10(2)8-16-12)14-7-5-6-13(15)11(14)3/h5-7,10,12,16H,4,8-9H2,1-3H3. The Morgan fingerprint density at radius 1 is 1.47 bits per heavy atom. The van der Waals surface area contributed by atoms with Crippen LogP contribution in [0, 0.1) is 12.7 Å².